The van der Waals surface area contributed by atoms with Gasteiger partial charge in [0.05, 0.1) is 5.02 Å². The summed E-state index contributed by atoms with van der Waals surface area (Å²) in [5.74, 6) is 0.135. The molecular weight excluding hydrogens is 309 g/mol. The molecule has 0 aliphatic heterocycles. The van der Waals surface area contributed by atoms with Crippen molar-refractivity contribution in [2.75, 3.05) is 11.9 Å². The third-order valence-corrected chi connectivity index (χ3v) is 3.30. The van der Waals surface area contributed by atoms with Crippen LogP contribution in [0, 0.1) is 13.8 Å². The monoisotopic (exact) mass is 323 g/mol. The third-order valence-electron chi connectivity index (χ3n) is 2.76. The van der Waals surface area contributed by atoms with E-state index >= 15 is 0 Å². The third kappa shape index (κ3) is 4.66. The van der Waals surface area contributed by atoms with Gasteiger partial charge in [-0.2, -0.15) is 0 Å². The lowest BCUT2D eigenvalue weighted by Crippen LogP contribution is -2.20. The van der Waals surface area contributed by atoms with Crippen molar-refractivity contribution in [3.63, 3.8) is 0 Å². The first-order valence-corrected chi connectivity index (χ1v) is 7.15. The minimum absolute atomic E-state index is 0.132. The Hall–Kier alpha value is -1.71. The van der Waals surface area contributed by atoms with E-state index in [0.29, 0.717) is 15.8 Å². The predicted octanol–water partition coefficient (Wildman–Crippen LogP) is 4.63. The molecule has 0 heterocycles. The number of carbonyl (C=O) groups excluding carboxylic acids is 1. The maximum absolute atomic E-state index is 11.9. The summed E-state index contributed by atoms with van der Waals surface area (Å²) in [6.45, 7) is 3.82. The standard InChI is InChI=1S/C16H15Cl2NO2/c1-10-5-11(2)7-13(6-10)19-16(20)9-21-15-8-12(17)3-4-14(15)18/h3-8H,9H2,1-2H3,(H,19,20). The summed E-state index contributed by atoms with van der Waals surface area (Å²) in [5.41, 5.74) is 2.92. The first-order valence-electron chi connectivity index (χ1n) is 6.40. The van der Waals surface area contributed by atoms with Gasteiger partial charge in [0.15, 0.2) is 6.61 Å². The van der Waals surface area contributed by atoms with E-state index in [1.165, 1.54) is 0 Å². The minimum atomic E-state index is -0.254. The molecule has 5 heteroatoms. The van der Waals surface area contributed by atoms with Gasteiger partial charge in [0.25, 0.3) is 5.91 Å². The highest BCUT2D eigenvalue weighted by Crippen LogP contribution is 2.27. The molecule has 2 aromatic rings. The second-order valence-electron chi connectivity index (χ2n) is 4.79. The molecule has 21 heavy (non-hydrogen) atoms. The maximum atomic E-state index is 11.9. The number of ether oxygens (including phenoxy) is 1. The summed E-state index contributed by atoms with van der Waals surface area (Å²) in [6.07, 6.45) is 0. The van der Waals surface area contributed by atoms with Crippen LogP contribution in [-0.4, -0.2) is 12.5 Å². The van der Waals surface area contributed by atoms with E-state index in [-0.39, 0.29) is 12.5 Å². The van der Waals surface area contributed by atoms with Gasteiger partial charge in [-0.3, -0.25) is 4.79 Å². The van der Waals surface area contributed by atoms with Crippen molar-refractivity contribution in [3.05, 3.63) is 57.6 Å². The van der Waals surface area contributed by atoms with Crippen molar-refractivity contribution in [1.29, 1.82) is 0 Å². The average Bonchev–Trinajstić information content (AvgIpc) is 2.38. The number of rotatable bonds is 4. The van der Waals surface area contributed by atoms with Gasteiger partial charge in [0.2, 0.25) is 0 Å². The van der Waals surface area contributed by atoms with Crippen molar-refractivity contribution in [3.8, 4) is 5.75 Å². The van der Waals surface area contributed by atoms with Gasteiger partial charge in [-0.15, -0.1) is 0 Å². The maximum Gasteiger partial charge on any atom is 0.262 e. The molecule has 0 saturated carbocycles. The second-order valence-corrected chi connectivity index (χ2v) is 5.63. The molecule has 3 nitrogen and oxygen atoms in total. The van der Waals surface area contributed by atoms with Crippen LogP contribution in [0.25, 0.3) is 0 Å². The molecule has 0 aliphatic rings. The number of nitrogens with one attached hydrogen (secondary N) is 1. The minimum Gasteiger partial charge on any atom is -0.482 e. The van der Waals surface area contributed by atoms with Crippen LogP contribution in [-0.2, 0) is 4.79 Å². The molecule has 1 amide bonds. The molecule has 0 saturated heterocycles. The SMILES string of the molecule is Cc1cc(C)cc(NC(=O)COc2cc(Cl)ccc2Cl)c1. The highest BCUT2D eigenvalue weighted by molar-refractivity contribution is 6.34. The van der Waals surface area contributed by atoms with Crippen molar-refractivity contribution < 1.29 is 9.53 Å². The largest absolute Gasteiger partial charge is 0.482 e. The fourth-order valence-electron chi connectivity index (χ4n) is 1.98. The van der Waals surface area contributed by atoms with Crippen LogP contribution in [0.2, 0.25) is 10.0 Å². The molecule has 0 radical (unpaired) electrons. The predicted molar refractivity (Wildman–Crippen MR) is 86.5 cm³/mol. The molecule has 0 atom stereocenters. The summed E-state index contributed by atoms with van der Waals surface area (Å²) in [5, 5.41) is 3.71. The van der Waals surface area contributed by atoms with E-state index < -0.39 is 0 Å². The number of aryl methyl sites for hydroxylation is 2. The van der Waals surface area contributed by atoms with Crippen LogP contribution in [0.5, 0.6) is 5.75 Å². The lowest BCUT2D eigenvalue weighted by Gasteiger charge is -2.10. The first-order chi connectivity index (χ1) is 9.94. The quantitative estimate of drug-likeness (QED) is 0.890. The van der Waals surface area contributed by atoms with Crippen molar-refractivity contribution >= 4 is 34.8 Å². The lowest BCUT2D eigenvalue weighted by atomic mass is 10.1. The topological polar surface area (TPSA) is 38.3 Å². The molecule has 0 unspecified atom stereocenters. The summed E-state index contributed by atoms with van der Waals surface area (Å²) in [7, 11) is 0. The Morgan fingerprint density at radius 3 is 2.43 bits per heavy atom. The van der Waals surface area contributed by atoms with Gasteiger partial charge in [-0.1, -0.05) is 29.3 Å². The van der Waals surface area contributed by atoms with Crippen LogP contribution in [0.4, 0.5) is 5.69 Å². The zero-order valence-corrected chi connectivity index (χ0v) is 13.3. The molecule has 110 valence electrons. The van der Waals surface area contributed by atoms with Crippen LogP contribution >= 0.6 is 23.2 Å². The van der Waals surface area contributed by atoms with Crippen LogP contribution in [0.15, 0.2) is 36.4 Å². The zero-order valence-electron chi connectivity index (χ0n) is 11.7. The number of anilines is 1. The molecule has 0 fully saturated rings. The molecule has 2 aromatic carbocycles. The van der Waals surface area contributed by atoms with Gasteiger partial charge in [0.1, 0.15) is 5.75 Å². The van der Waals surface area contributed by atoms with E-state index in [0.717, 1.165) is 16.8 Å². The van der Waals surface area contributed by atoms with Crippen LogP contribution in [0.1, 0.15) is 11.1 Å². The summed E-state index contributed by atoms with van der Waals surface area (Å²) in [4.78, 5) is 11.9. The average molecular weight is 324 g/mol. The number of carbonyl (C=O) groups is 1. The zero-order chi connectivity index (χ0) is 15.4. The first kappa shape index (κ1) is 15.7. The normalized spacial score (nSPS) is 10.3. The van der Waals surface area contributed by atoms with Gasteiger partial charge in [-0.25, -0.2) is 0 Å². The van der Waals surface area contributed by atoms with Gasteiger partial charge < -0.3 is 10.1 Å². The Morgan fingerprint density at radius 2 is 1.76 bits per heavy atom. The summed E-state index contributed by atoms with van der Waals surface area (Å²) in [6, 6.07) is 10.7. The van der Waals surface area contributed by atoms with Crippen LogP contribution < -0.4 is 10.1 Å². The summed E-state index contributed by atoms with van der Waals surface area (Å²) >= 11 is 11.8. The fraction of sp³-hybridized carbons (Fsp3) is 0.188. The molecule has 0 aliphatic carbocycles. The van der Waals surface area contributed by atoms with Gasteiger partial charge in [-0.05, 0) is 49.2 Å². The van der Waals surface area contributed by atoms with E-state index in [9.17, 15) is 4.79 Å². The van der Waals surface area contributed by atoms with Crippen molar-refractivity contribution in [1.82, 2.24) is 0 Å². The van der Waals surface area contributed by atoms with E-state index in [4.69, 9.17) is 27.9 Å². The van der Waals surface area contributed by atoms with Crippen LogP contribution in [0.3, 0.4) is 0 Å². The number of hydrogen-bond acceptors (Lipinski definition) is 2. The van der Waals surface area contributed by atoms with E-state index in [1.807, 2.05) is 32.0 Å². The highest BCUT2D eigenvalue weighted by Gasteiger charge is 2.07. The van der Waals surface area contributed by atoms with Gasteiger partial charge >= 0.3 is 0 Å². The molecule has 2 rings (SSSR count). The number of hydrogen-bond donors (Lipinski definition) is 1. The van der Waals surface area contributed by atoms with E-state index in [2.05, 4.69) is 5.32 Å². The number of halogens is 2. The molecule has 0 bridgehead atoms. The number of benzene rings is 2. The smallest absolute Gasteiger partial charge is 0.262 e. The molecular formula is C16H15Cl2NO2. The fourth-order valence-corrected chi connectivity index (χ4v) is 2.31. The Balaban J connectivity index is 1.97. The summed E-state index contributed by atoms with van der Waals surface area (Å²) < 4.78 is 5.38. The Bertz CT molecular complexity index is 651. The number of amides is 1. The van der Waals surface area contributed by atoms with Crippen molar-refractivity contribution in [2.24, 2.45) is 0 Å². The molecule has 0 aromatic heterocycles. The Kier molecular flexibility index (Phi) is 5.10. The van der Waals surface area contributed by atoms with Gasteiger partial charge in [0, 0.05) is 16.8 Å². The highest BCUT2D eigenvalue weighted by atomic mass is 35.5. The Labute approximate surface area is 133 Å². The molecule has 1 N–H and O–H groups in total. The molecule has 0 spiro atoms. The lowest BCUT2D eigenvalue weighted by molar-refractivity contribution is -0.118. The Morgan fingerprint density at radius 1 is 1.10 bits per heavy atom. The van der Waals surface area contributed by atoms with E-state index in [1.54, 1.807) is 18.2 Å². The van der Waals surface area contributed by atoms with Crippen molar-refractivity contribution in [2.45, 2.75) is 13.8 Å². The second kappa shape index (κ2) is 6.83.